The molecule has 0 spiro atoms. The average Bonchev–Trinajstić information content (AvgIpc) is 2.76. The zero-order valence-corrected chi connectivity index (χ0v) is 12.3. The fraction of sp³-hybridized carbons (Fsp3) is 0.929. The lowest BCUT2D eigenvalue weighted by Gasteiger charge is -2.26. The van der Waals surface area contributed by atoms with Crippen LogP contribution < -0.4 is 5.32 Å². The Morgan fingerprint density at radius 2 is 1.88 bits per heavy atom. The predicted octanol–water partition coefficient (Wildman–Crippen LogP) is 3.82. The molecule has 0 aromatic carbocycles. The molecule has 0 amide bonds. The molecule has 1 heterocycles. The van der Waals surface area contributed by atoms with Crippen LogP contribution in [0.1, 0.15) is 59.3 Å². The Kier molecular flexibility index (Phi) is 4.40. The van der Waals surface area contributed by atoms with E-state index in [0.29, 0.717) is 11.6 Å². The van der Waals surface area contributed by atoms with Crippen LogP contribution in [0.3, 0.4) is 0 Å². The highest BCUT2D eigenvalue weighted by Crippen LogP contribution is 2.31. The van der Waals surface area contributed by atoms with Crippen molar-refractivity contribution in [1.29, 1.82) is 0 Å². The Morgan fingerprint density at radius 3 is 2.41 bits per heavy atom. The van der Waals surface area contributed by atoms with Crippen LogP contribution in [0.2, 0.25) is 0 Å². The van der Waals surface area contributed by atoms with Gasteiger partial charge in [-0.15, -0.1) is 0 Å². The van der Waals surface area contributed by atoms with E-state index < -0.39 is 0 Å². The minimum atomic E-state index is 0.325. The average molecular weight is 254 g/mol. The molecule has 0 radical (unpaired) electrons. The van der Waals surface area contributed by atoms with Crippen molar-refractivity contribution in [2.45, 2.75) is 70.9 Å². The quantitative estimate of drug-likeness (QED) is 0.828. The summed E-state index contributed by atoms with van der Waals surface area (Å²) >= 11 is 1.93. The maximum Gasteiger partial charge on any atom is 0.157 e. The summed E-state index contributed by atoms with van der Waals surface area (Å²) in [6.45, 7) is 6.93. The number of rotatable bonds is 3. The largest absolute Gasteiger partial charge is 0.359 e. The first kappa shape index (κ1) is 13.3. The van der Waals surface area contributed by atoms with Gasteiger partial charge in [-0.1, -0.05) is 32.5 Å². The molecule has 0 bridgehead atoms. The number of nitrogens with zero attached hydrogens (tertiary/aromatic N) is 1. The normalized spacial score (nSPS) is 34.9. The van der Waals surface area contributed by atoms with Crippen LogP contribution >= 0.6 is 11.8 Å². The van der Waals surface area contributed by atoms with Crippen LogP contribution in [0.4, 0.5) is 0 Å². The number of amidine groups is 1. The molecular formula is C14H26N2S. The summed E-state index contributed by atoms with van der Waals surface area (Å²) in [7, 11) is 0. The van der Waals surface area contributed by atoms with Crippen molar-refractivity contribution in [3.8, 4) is 0 Å². The molecule has 0 aromatic rings. The van der Waals surface area contributed by atoms with Gasteiger partial charge in [0.05, 0.1) is 6.04 Å². The first-order valence-electron chi connectivity index (χ1n) is 7.16. The highest BCUT2D eigenvalue weighted by atomic mass is 32.2. The topological polar surface area (TPSA) is 24.4 Å². The molecule has 2 nitrogen and oxygen atoms in total. The van der Waals surface area contributed by atoms with E-state index in [2.05, 4.69) is 26.1 Å². The van der Waals surface area contributed by atoms with Crippen LogP contribution in [0.5, 0.6) is 0 Å². The molecule has 0 aromatic heterocycles. The van der Waals surface area contributed by atoms with Crippen molar-refractivity contribution in [3.05, 3.63) is 0 Å². The number of aliphatic imine (C=N–C) groups is 1. The zero-order valence-electron chi connectivity index (χ0n) is 11.5. The van der Waals surface area contributed by atoms with E-state index in [1.165, 1.54) is 49.4 Å². The summed E-state index contributed by atoms with van der Waals surface area (Å²) in [6.07, 6.45) is 7.71. The summed E-state index contributed by atoms with van der Waals surface area (Å²) in [6, 6.07) is 0.589. The van der Waals surface area contributed by atoms with Gasteiger partial charge >= 0.3 is 0 Å². The zero-order chi connectivity index (χ0) is 12.3. The molecule has 1 aliphatic heterocycles. The smallest absolute Gasteiger partial charge is 0.157 e. The molecule has 3 heteroatoms. The van der Waals surface area contributed by atoms with Gasteiger partial charge in [-0.2, -0.15) is 0 Å². The van der Waals surface area contributed by atoms with Gasteiger partial charge in [-0.3, -0.25) is 4.99 Å². The third-order valence-corrected chi connectivity index (χ3v) is 5.67. The second-order valence-corrected chi connectivity index (χ2v) is 6.71. The SMILES string of the molecule is CCC1(CC)CSC(=NC2CCC(C)CC2)N1. The lowest BCUT2D eigenvalue weighted by atomic mass is 9.88. The van der Waals surface area contributed by atoms with Gasteiger partial charge in [0.15, 0.2) is 5.17 Å². The Labute approximate surface area is 110 Å². The Morgan fingerprint density at radius 1 is 1.24 bits per heavy atom. The molecule has 1 saturated carbocycles. The molecule has 1 aliphatic carbocycles. The minimum absolute atomic E-state index is 0.325. The Hall–Kier alpha value is -0.180. The summed E-state index contributed by atoms with van der Waals surface area (Å²) in [5.74, 6) is 2.11. The lowest BCUT2D eigenvalue weighted by molar-refractivity contribution is 0.347. The van der Waals surface area contributed by atoms with E-state index in [-0.39, 0.29) is 0 Å². The van der Waals surface area contributed by atoms with Gasteiger partial charge in [0.2, 0.25) is 0 Å². The first-order chi connectivity index (χ1) is 8.17. The van der Waals surface area contributed by atoms with Crippen LogP contribution in [-0.2, 0) is 0 Å². The number of hydrogen-bond donors (Lipinski definition) is 1. The van der Waals surface area contributed by atoms with Crippen LogP contribution in [0.25, 0.3) is 0 Å². The van der Waals surface area contributed by atoms with Crippen LogP contribution in [0.15, 0.2) is 4.99 Å². The number of thioether (sulfide) groups is 1. The first-order valence-corrected chi connectivity index (χ1v) is 8.15. The van der Waals surface area contributed by atoms with Crippen molar-refractivity contribution in [1.82, 2.24) is 5.32 Å². The highest BCUT2D eigenvalue weighted by molar-refractivity contribution is 8.14. The van der Waals surface area contributed by atoms with Crippen LogP contribution in [-0.4, -0.2) is 22.5 Å². The van der Waals surface area contributed by atoms with Crippen molar-refractivity contribution in [3.63, 3.8) is 0 Å². The fourth-order valence-electron chi connectivity index (χ4n) is 2.74. The minimum Gasteiger partial charge on any atom is -0.359 e. The highest BCUT2D eigenvalue weighted by Gasteiger charge is 2.34. The molecule has 0 atom stereocenters. The third kappa shape index (κ3) is 3.18. The second kappa shape index (κ2) is 5.64. The third-order valence-electron chi connectivity index (χ3n) is 4.50. The summed E-state index contributed by atoms with van der Waals surface area (Å²) in [4.78, 5) is 4.93. The molecule has 0 unspecified atom stereocenters. The van der Waals surface area contributed by atoms with E-state index in [9.17, 15) is 0 Å². The van der Waals surface area contributed by atoms with E-state index in [0.717, 1.165) is 5.92 Å². The molecular weight excluding hydrogens is 228 g/mol. The molecule has 1 saturated heterocycles. The Bertz CT molecular complexity index is 276. The predicted molar refractivity (Wildman–Crippen MR) is 77.8 cm³/mol. The van der Waals surface area contributed by atoms with Gasteiger partial charge in [-0.05, 0) is 44.4 Å². The summed E-state index contributed by atoms with van der Waals surface area (Å²) in [5.41, 5.74) is 0.325. The van der Waals surface area contributed by atoms with E-state index in [1.54, 1.807) is 0 Å². The summed E-state index contributed by atoms with van der Waals surface area (Å²) in [5, 5.41) is 4.89. The molecule has 2 aliphatic rings. The maximum absolute atomic E-state index is 4.93. The van der Waals surface area contributed by atoms with Gasteiger partial charge < -0.3 is 5.32 Å². The molecule has 1 N–H and O–H groups in total. The molecule has 2 fully saturated rings. The van der Waals surface area contributed by atoms with Crippen molar-refractivity contribution in [2.75, 3.05) is 5.75 Å². The molecule has 2 rings (SSSR count). The standard InChI is InChI=1S/C14H26N2S/c1-4-14(5-2)10-17-13(16-14)15-12-8-6-11(3)7-9-12/h11-12H,4-10H2,1-3H3,(H,15,16). The van der Waals surface area contributed by atoms with Crippen molar-refractivity contribution in [2.24, 2.45) is 10.9 Å². The van der Waals surface area contributed by atoms with Crippen molar-refractivity contribution < 1.29 is 0 Å². The maximum atomic E-state index is 4.93. The van der Waals surface area contributed by atoms with Gasteiger partial charge in [-0.25, -0.2) is 0 Å². The van der Waals surface area contributed by atoms with E-state index >= 15 is 0 Å². The monoisotopic (exact) mass is 254 g/mol. The fourth-order valence-corrected chi connectivity index (χ4v) is 4.15. The van der Waals surface area contributed by atoms with Gasteiger partial charge in [0.25, 0.3) is 0 Å². The molecule has 98 valence electrons. The van der Waals surface area contributed by atoms with E-state index in [4.69, 9.17) is 4.99 Å². The second-order valence-electron chi connectivity index (χ2n) is 5.75. The van der Waals surface area contributed by atoms with Gasteiger partial charge in [0.1, 0.15) is 0 Å². The van der Waals surface area contributed by atoms with Crippen molar-refractivity contribution >= 4 is 16.9 Å². The summed E-state index contributed by atoms with van der Waals surface area (Å²) < 4.78 is 0. The number of nitrogens with one attached hydrogen (secondary N) is 1. The van der Waals surface area contributed by atoms with Gasteiger partial charge in [0, 0.05) is 11.3 Å². The van der Waals surface area contributed by atoms with E-state index in [1.807, 2.05) is 11.8 Å². The van der Waals surface area contributed by atoms with Crippen LogP contribution in [0, 0.1) is 5.92 Å². The Balaban J connectivity index is 1.91. The number of hydrogen-bond acceptors (Lipinski definition) is 2. The lowest BCUT2D eigenvalue weighted by Crippen LogP contribution is -2.42. The molecule has 17 heavy (non-hydrogen) atoms.